The van der Waals surface area contributed by atoms with Gasteiger partial charge < -0.3 is 25.8 Å². The monoisotopic (exact) mass is 357 g/mol. The molecule has 0 radical (unpaired) electrons. The van der Waals surface area contributed by atoms with Crippen LogP contribution in [0, 0.1) is 5.92 Å². The fraction of sp³-hybridized carbons (Fsp3) is 0.500. The zero-order valence-electron chi connectivity index (χ0n) is 14.0. The highest BCUT2D eigenvalue weighted by Crippen LogP contribution is 2.37. The molecular weight excluding hydrogens is 334 g/mol. The molecule has 0 bridgehead atoms. The molecule has 0 spiro atoms. The van der Waals surface area contributed by atoms with E-state index >= 15 is 0 Å². The van der Waals surface area contributed by atoms with Gasteiger partial charge in [0.15, 0.2) is 11.5 Å². The first kappa shape index (κ1) is 20.1. The Kier molecular flexibility index (Phi) is 7.31. The smallest absolute Gasteiger partial charge is 0.251 e. The molecule has 1 saturated carbocycles. The number of rotatable bonds is 7. The molecule has 1 aromatic rings. The van der Waals surface area contributed by atoms with Gasteiger partial charge in [-0.1, -0.05) is 0 Å². The van der Waals surface area contributed by atoms with Crippen molar-refractivity contribution in [2.75, 3.05) is 26.1 Å². The maximum Gasteiger partial charge on any atom is 0.251 e. The molecule has 2 amide bonds. The van der Waals surface area contributed by atoms with Crippen molar-refractivity contribution < 1.29 is 19.1 Å². The summed E-state index contributed by atoms with van der Waals surface area (Å²) < 4.78 is 10.5. The van der Waals surface area contributed by atoms with Gasteiger partial charge in [0, 0.05) is 25.1 Å². The number of carbonyl (C=O) groups excluding carboxylic acids is 2. The molecule has 2 rings (SSSR count). The molecule has 1 atom stereocenters. The van der Waals surface area contributed by atoms with Crippen LogP contribution in [0.4, 0.5) is 5.69 Å². The Labute approximate surface area is 147 Å². The Morgan fingerprint density at radius 2 is 1.96 bits per heavy atom. The van der Waals surface area contributed by atoms with Gasteiger partial charge in [-0.05, 0) is 30.9 Å². The van der Waals surface area contributed by atoms with Crippen LogP contribution in [-0.2, 0) is 4.79 Å². The third kappa shape index (κ3) is 4.75. The van der Waals surface area contributed by atoms with Gasteiger partial charge in [0.25, 0.3) is 5.91 Å². The number of ether oxygens (including phenoxy) is 2. The van der Waals surface area contributed by atoms with Gasteiger partial charge in [-0.15, -0.1) is 12.4 Å². The topological polar surface area (TPSA) is 103 Å². The van der Waals surface area contributed by atoms with Crippen molar-refractivity contribution >= 4 is 29.9 Å². The van der Waals surface area contributed by atoms with Crippen LogP contribution < -0.4 is 25.8 Å². The van der Waals surface area contributed by atoms with E-state index in [-0.39, 0.29) is 30.3 Å². The van der Waals surface area contributed by atoms with Crippen molar-refractivity contribution in [1.29, 1.82) is 0 Å². The number of anilines is 1. The first-order chi connectivity index (χ1) is 11.0. The summed E-state index contributed by atoms with van der Waals surface area (Å²) in [5.74, 6) is 0.691. The third-order valence-corrected chi connectivity index (χ3v) is 3.81. The van der Waals surface area contributed by atoms with E-state index in [2.05, 4.69) is 10.6 Å². The van der Waals surface area contributed by atoms with Crippen LogP contribution >= 0.6 is 12.4 Å². The van der Waals surface area contributed by atoms with E-state index in [1.54, 1.807) is 12.1 Å². The number of carbonyl (C=O) groups is 2. The van der Waals surface area contributed by atoms with Crippen molar-refractivity contribution in [1.82, 2.24) is 5.32 Å². The molecule has 1 fully saturated rings. The average molecular weight is 358 g/mol. The lowest BCUT2D eigenvalue weighted by Gasteiger charge is -2.18. The fourth-order valence-electron chi connectivity index (χ4n) is 2.50. The molecule has 7 nitrogen and oxygen atoms in total. The SMILES string of the molecule is COc1cc(C(=O)NC(CN)C2CC2)cc(NC(C)=O)c1OC.Cl. The van der Waals surface area contributed by atoms with Crippen LogP contribution in [0.3, 0.4) is 0 Å². The average Bonchev–Trinajstić information content (AvgIpc) is 3.35. The van der Waals surface area contributed by atoms with E-state index in [0.29, 0.717) is 35.2 Å². The van der Waals surface area contributed by atoms with E-state index in [1.165, 1.54) is 21.1 Å². The second kappa shape index (κ2) is 8.75. The predicted molar refractivity (Wildman–Crippen MR) is 94.1 cm³/mol. The summed E-state index contributed by atoms with van der Waals surface area (Å²) in [6.45, 7) is 1.79. The largest absolute Gasteiger partial charge is 0.493 e. The van der Waals surface area contributed by atoms with Crippen LogP contribution in [-0.4, -0.2) is 38.6 Å². The number of nitrogens with two attached hydrogens (primary N) is 1. The molecule has 0 aliphatic heterocycles. The van der Waals surface area contributed by atoms with Gasteiger partial charge in [-0.3, -0.25) is 9.59 Å². The summed E-state index contributed by atoms with van der Waals surface area (Å²) in [6, 6.07) is 3.12. The second-order valence-electron chi connectivity index (χ2n) is 5.59. The Balaban J connectivity index is 0.00000288. The lowest BCUT2D eigenvalue weighted by Crippen LogP contribution is -2.41. The van der Waals surface area contributed by atoms with Gasteiger partial charge in [-0.2, -0.15) is 0 Å². The first-order valence-corrected chi connectivity index (χ1v) is 7.54. The fourth-order valence-corrected chi connectivity index (χ4v) is 2.50. The number of nitrogens with one attached hydrogen (secondary N) is 2. The van der Waals surface area contributed by atoms with E-state index in [9.17, 15) is 9.59 Å². The standard InChI is InChI=1S/C16H23N3O4.ClH/c1-9(20)18-12-6-11(7-14(22-2)15(12)23-3)16(21)19-13(8-17)10-4-5-10;/h6-7,10,13H,4-5,8,17H2,1-3H3,(H,18,20)(H,19,21);1H. The molecule has 24 heavy (non-hydrogen) atoms. The molecule has 0 heterocycles. The number of hydrogen-bond donors (Lipinski definition) is 3. The van der Waals surface area contributed by atoms with Gasteiger partial charge in [0.2, 0.25) is 5.91 Å². The van der Waals surface area contributed by atoms with Crippen molar-refractivity contribution in [3.63, 3.8) is 0 Å². The zero-order valence-corrected chi connectivity index (χ0v) is 14.9. The lowest BCUT2D eigenvalue weighted by atomic mass is 10.1. The minimum Gasteiger partial charge on any atom is -0.493 e. The molecule has 0 aromatic heterocycles. The van der Waals surface area contributed by atoms with Crippen LogP contribution in [0.25, 0.3) is 0 Å². The van der Waals surface area contributed by atoms with Crippen LogP contribution in [0.15, 0.2) is 12.1 Å². The van der Waals surface area contributed by atoms with Crippen LogP contribution in [0.1, 0.15) is 30.1 Å². The number of methoxy groups -OCH3 is 2. The summed E-state index contributed by atoms with van der Waals surface area (Å²) >= 11 is 0. The third-order valence-electron chi connectivity index (χ3n) is 3.81. The van der Waals surface area contributed by atoms with Gasteiger partial charge in [0.1, 0.15) is 0 Å². The number of halogens is 1. The summed E-state index contributed by atoms with van der Waals surface area (Å²) in [7, 11) is 2.95. The summed E-state index contributed by atoms with van der Waals surface area (Å²) in [4.78, 5) is 23.8. The molecule has 1 aliphatic carbocycles. The van der Waals surface area contributed by atoms with Crippen molar-refractivity contribution in [2.45, 2.75) is 25.8 Å². The molecule has 0 saturated heterocycles. The van der Waals surface area contributed by atoms with E-state index in [4.69, 9.17) is 15.2 Å². The highest BCUT2D eigenvalue weighted by atomic mass is 35.5. The number of hydrogen-bond acceptors (Lipinski definition) is 5. The van der Waals surface area contributed by atoms with Gasteiger partial charge in [0.05, 0.1) is 19.9 Å². The molecular formula is C16H24ClN3O4. The quantitative estimate of drug-likeness (QED) is 0.687. The molecule has 8 heteroatoms. The van der Waals surface area contributed by atoms with Crippen LogP contribution in [0.2, 0.25) is 0 Å². The minimum absolute atomic E-state index is 0. The maximum absolute atomic E-state index is 12.5. The van der Waals surface area contributed by atoms with Gasteiger partial charge in [-0.25, -0.2) is 0 Å². The predicted octanol–water partition coefficient (Wildman–Crippen LogP) is 1.55. The summed E-state index contributed by atoms with van der Waals surface area (Å²) in [5.41, 5.74) is 6.49. The number of benzene rings is 1. The van der Waals surface area contributed by atoms with Crippen LogP contribution in [0.5, 0.6) is 11.5 Å². The molecule has 4 N–H and O–H groups in total. The highest BCUT2D eigenvalue weighted by Gasteiger charge is 2.31. The summed E-state index contributed by atoms with van der Waals surface area (Å²) in [6.07, 6.45) is 2.18. The highest BCUT2D eigenvalue weighted by molar-refractivity contribution is 5.99. The van der Waals surface area contributed by atoms with E-state index in [1.807, 2.05) is 0 Å². The zero-order chi connectivity index (χ0) is 17.0. The van der Waals surface area contributed by atoms with Crippen molar-refractivity contribution in [3.8, 4) is 11.5 Å². The molecule has 1 aliphatic rings. The summed E-state index contributed by atoms with van der Waals surface area (Å²) in [5, 5.41) is 5.59. The molecule has 1 unspecified atom stereocenters. The van der Waals surface area contributed by atoms with Crippen molar-refractivity contribution in [3.05, 3.63) is 17.7 Å². The maximum atomic E-state index is 12.5. The van der Waals surface area contributed by atoms with Crippen molar-refractivity contribution in [2.24, 2.45) is 11.7 Å². The Morgan fingerprint density at radius 3 is 2.42 bits per heavy atom. The van der Waals surface area contributed by atoms with E-state index in [0.717, 1.165) is 12.8 Å². The Hall–Kier alpha value is -1.99. The molecule has 134 valence electrons. The Morgan fingerprint density at radius 1 is 1.29 bits per heavy atom. The first-order valence-electron chi connectivity index (χ1n) is 7.54. The lowest BCUT2D eigenvalue weighted by molar-refractivity contribution is -0.114. The number of amides is 2. The second-order valence-corrected chi connectivity index (χ2v) is 5.59. The normalized spacial score (nSPS) is 14.2. The minimum atomic E-state index is -0.263. The Bertz CT molecular complexity index is 605. The van der Waals surface area contributed by atoms with Gasteiger partial charge >= 0.3 is 0 Å². The molecule has 1 aromatic carbocycles. The van der Waals surface area contributed by atoms with E-state index < -0.39 is 0 Å².